The molecule has 1 aromatic carbocycles. The molecule has 7 nitrogen and oxygen atoms in total. The molecule has 3 heterocycles. The number of nitrogens with zero attached hydrogens (tertiary/aromatic N) is 4. The summed E-state index contributed by atoms with van der Waals surface area (Å²) in [4.78, 5) is 20.4. The average molecular weight is 479 g/mol. The van der Waals surface area contributed by atoms with Crippen LogP contribution in [0.4, 0.5) is 23.2 Å². The molecule has 0 radical (unpaired) electrons. The molecule has 11 heteroatoms. The van der Waals surface area contributed by atoms with Gasteiger partial charge in [-0.15, -0.1) is 0 Å². The van der Waals surface area contributed by atoms with Crippen LogP contribution in [-0.4, -0.2) is 79.6 Å². The number of fused-ring (bicyclic) bond motifs is 1. The number of carbonyl (C=O) groups excluding carboxylic acids is 1. The lowest BCUT2D eigenvalue weighted by molar-refractivity contribution is -0.234. The average Bonchev–Trinajstić information content (AvgIpc) is 2.83. The fourth-order valence-electron chi connectivity index (χ4n) is 4.36. The van der Waals surface area contributed by atoms with Crippen molar-refractivity contribution in [3.63, 3.8) is 0 Å². The Morgan fingerprint density at radius 1 is 1.29 bits per heavy atom. The molecule has 182 valence electrons. The van der Waals surface area contributed by atoms with Gasteiger partial charge in [-0.1, -0.05) is 0 Å². The third-order valence-corrected chi connectivity index (χ3v) is 6.43. The SMILES string of the molecule is CN1CCC(F)(CNC(=O)[C@@H]2CN(c3ccc(C#N)c4ncccc34)C[C@H](C(F)(F)F)O2)CC1. The second-order valence-electron chi connectivity index (χ2n) is 8.88. The minimum atomic E-state index is -4.70. The minimum absolute atomic E-state index is 0.156. The molecule has 34 heavy (non-hydrogen) atoms. The van der Waals surface area contributed by atoms with E-state index >= 15 is 4.39 Å². The molecule has 0 bridgehead atoms. The van der Waals surface area contributed by atoms with Gasteiger partial charge in [0.15, 0.2) is 12.2 Å². The normalized spacial score (nSPS) is 23.5. The molecule has 2 atom stereocenters. The van der Waals surface area contributed by atoms with E-state index in [4.69, 9.17) is 4.74 Å². The maximum atomic E-state index is 15.0. The minimum Gasteiger partial charge on any atom is -0.365 e. The fourth-order valence-corrected chi connectivity index (χ4v) is 4.36. The monoisotopic (exact) mass is 479 g/mol. The Labute approximate surface area is 194 Å². The Bertz CT molecular complexity index is 1090. The number of morpholine rings is 1. The van der Waals surface area contributed by atoms with E-state index in [-0.39, 0.29) is 25.9 Å². The standard InChI is InChI=1S/C23H25F4N5O2/c1-31-9-6-22(24,7-10-31)14-30-21(33)18-12-32(13-19(34-18)23(25,26)27)17-5-4-15(11-28)20-16(17)3-2-8-29-20/h2-5,8,18-19H,6-7,9-10,12-14H2,1H3,(H,30,33)/t18-,19+/m0/s1. The first kappa shape index (κ1) is 24.2. The van der Waals surface area contributed by atoms with Gasteiger partial charge in [-0.05, 0) is 44.2 Å². The highest BCUT2D eigenvalue weighted by Gasteiger charge is 2.48. The van der Waals surface area contributed by atoms with E-state index in [1.54, 1.807) is 18.2 Å². The number of anilines is 1. The molecule has 0 unspecified atom stereocenters. The maximum absolute atomic E-state index is 15.0. The van der Waals surface area contributed by atoms with Gasteiger partial charge in [-0.25, -0.2) is 4.39 Å². The van der Waals surface area contributed by atoms with Crippen molar-refractivity contribution < 1.29 is 27.1 Å². The third-order valence-electron chi connectivity index (χ3n) is 6.43. The van der Waals surface area contributed by atoms with E-state index in [9.17, 15) is 23.2 Å². The van der Waals surface area contributed by atoms with Gasteiger partial charge in [0.25, 0.3) is 5.91 Å². The number of ether oxygens (including phenoxy) is 1. The summed E-state index contributed by atoms with van der Waals surface area (Å²) in [6, 6.07) is 8.36. The van der Waals surface area contributed by atoms with Crippen LogP contribution >= 0.6 is 0 Å². The first-order valence-corrected chi connectivity index (χ1v) is 11.0. The zero-order valence-electron chi connectivity index (χ0n) is 18.6. The molecule has 2 aliphatic heterocycles. The van der Waals surface area contributed by atoms with Crippen LogP contribution in [0.25, 0.3) is 10.9 Å². The van der Waals surface area contributed by atoms with Gasteiger partial charge >= 0.3 is 6.18 Å². The zero-order chi connectivity index (χ0) is 24.5. The third kappa shape index (κ3) is 5.08. The number of alkyl halides is 4. The van der Waals surface area contributed by atoms with Crippen LogP contribution in [0.15, 0.2) is 30.5 Å². The summed E-state index contributed by atoms with van der Waals surface area (Å²) < 4.78 is 61.2. The number of piperidine rings is 1. The molecule has 1 aromatic heterocycles. The van der Waals surface area contributed by atoms with Crippen LogP contribution in [0.1, 0.15) is 18.4 Å². The van der Waals surface area contributed by atoms with Crippen LogP contribution in [0.5, 0.6) is 0 Å². The fraction of sp³-hybridized carbons (Fsp3) is 0.522. The summed E-state index contributed by atoms with van der Waals surface area (Å²) in [6.45, 7) is 0.116. The smallest absolute Gasteiger partial charge is 0.365 e. The predicted octanol–water partition coefficient (Wildman–Crippen LogP) is 2.79. The van der Waals surface area contributed by atoms with Crippen LogP contribution < -0.4 is 10.2 Å². The Morgan fingerprint density at radius 3 is 2.71 bits per heavy atom. The van der Waals surface area contributed by atoms with Crippen molar-refractivity contribution >= 4 is 22.5 Å². The van der Waals surface area contributed by atoms with Crippen molar-refractivity contribution in [2.24, 2.45) is 0 Å². The Hall–Kier alpha value is -2.97. The van der Waals surface area contributed by atoms with Crippen molar-refractivity contribution in [1.82, 2.24) is 15.2 Å². The lowest BCUT2D eigenvalue weighted by Crippen LogP contribution is -2.58. The van der Waals surface area contributed by atoms with E-state index in [0.717, 1.165) is 0 Å². The second-order valence-corrected chi connectivity index (χ2v) is 8.88. The highest BCUT2D eigenvalue weighted by atomic mass is 19.4. The number of nitrogens with one attached hydrogen (secondary N) is 1. The summed E-state index contributed by atoms with van der Waals surface area (Å²) in [5, 5.41) is 12.3. The molecule has 1 N–H and O–H groups in total. The number of rotatable bonds is 4. The molecule has 2 fully saturated rings. The van der Waals surface area contributed by atoms with Gasteiger partial charge in [-0.2, -0.15) is 18.4 Å². The van der Waals surface area contributed by atoms with Crippen LogP contribution in [0, 0.1) is 11.3 Å². The van der Waals surface area contributed by atoms with Crippen LogP contribution in [0.2, 0.25) is 0 Å². The molecule has 0 spiro atoms. The van der Waals surface area contributed by atoms with Crippen molar-refractivity contribution in [3.8, 4) is 6.07 Å². The van der Waals surface area contributed by atoms with Crippen molar-refractivity contribution in [2.45, 2.75) is 36.9 Å². The number of amides is 1. The predicted molar refractivity (Wildman–Crippen MR) is 117 cm³/mol. The number of benzene rings is 1. The molecule has 0 aliphatic carbocycles. The summed E-state index contributed by atoms with van der Waals surface area (Å²) in [7, 11) is 1.88. The van der Waals surface area contributed by atoms with Crippen LogP contribution in [0.3, 0.4) is 0 Å². The molecule has 2 aliphatic rings. The number of hydrogen-bond donors (Lipinski definition) is 1. The van der Waals surface area contributed by atoms with Crippen molar-refractivity contribution in [1.29, 1.82) is 5.26 Å². The molecule has 0 saturated carbocycles. The Kier molecular flexibility index (Phi) is 6.64. The van der Waals surface area contributed by atoms with Gasteiger partial charge in [0.05, 0.1) is 30.7 Å². The summed E-state index contributed by atoms with van der Waals surface area (Å²) in [5.74, 6) is -0.786. The molecular weight excluding hydrogens is 454 g/mol. The number of carbonyl (C=O) groups is 1. The number of hydrogen-bond acceptors (Lipinski definition) is 6. The molecule has 4 rings (SSSR count). The molecule has 1 amide bonds. The van der Waals surface area contributed by atoms with Gasteiger partial charge in [-0.3, -0.25) is 9.78 Å². The number of nitriles is 1. The highest BCUT2D eigenvalue weighted by molar-refractivity contribution is 5.95. The van der Waals surface area contributed by atoms with Gasteiger partial charge in [0, 0.05) is 30.4 Å². The Morgan fingerprint density at radius 2 is 2.03 bits per heavy atom. The van der Waals surface area contributed by atoms with E-state index in [2.05, 4.69) is 10.3 Å². The second kappa shape index (κ2) is 9.35. The zero-order valence-corrected chi connectivity index (χ0v) is 18.6. The van der Waals surface area contributed by atoms with Gasteiger partial charge in [0.1, 0.15) is 11.7 Å². The summed E-state index contributed by atoms with van der Waals surface area (Å²) in [5.41, 5.74) is -0.537. The largest absolute Gasteiger partial charge is 0.416 e. The number of likely N-dealkylation sites (tertiary alicyclic amines) is 1. The van der Waals surface area contributed by atoms with Crippen molar-refractivity contribution in [3.05, 3.63) is 36.0 Å². The lowest BCUT2D eigenvalue weighted by Gasteiger charge is -2.40. The van der Waals surface area contributed by atoms with E-state index in [1.165, 1.54) is 17.2 Å². The first-order chi connectivity index (χ1) is 16.1. The lowest BCUT2D eigenvalue weighted by atomic mass is 9.93. The van der Waals surface area contributed by atoms with E-state index in [0.29, 0.717) is 35.2 Å². The highest BCUT2D eigenvalue weighted by Crippen LogP contribution is 2.34. The summed E-state index contributed by atoms with van der Waals surface area (Å²) in [6.07, 6.45) is -6.39. The number of aromatic nitrogens is 1. The van der Waals surface area contributed by atoms with Crippen LogP contribution in [-0.2, 0) is 9.53 Å². The quantitative estimate of drug-likeness (QED) is 0.680. The molecule has 2 aromatic rings. The maximum Gasteiger partial charge on any atom is 0.416 e. The topological polar surface area (TPSA) is 81.5 Å². The number of pyridine rings is 1. The van der Waals surface area contributed by atoms with Crippen molar-refractivity contribution in [2.75, 3.05) is 44.7 Å². The van der Waals surface area contributed by atoms with Gasteiger partial charge in [0.2, 0.25) is 0 Å². The summed E-state index contributed by atoms with van der Waals surface area (Å²) >= 11 is 0. The number of halogens is 4. The Balaban J connectivity index is 1.56. The van der Waals surface area contributed by atoms with Gasteiger partial charge < -0.3 is 19.9 Å². The molecule has 2 saturated heterocycles. The van der Waals surface area contributed by atoms with E-state index < -0.39 is 36.5 Å². The molecular formula is C23H25F4N5O2. The first-order valence-electron chi connectivity index (χ1n) is 11.0. The van der Waals surface area contributed by atoms with E-state index in [1.807, 2.05) is 18.0 Å².